The average Bonchev–Trinajstić information content (AvgIpc) is 1.62. The van der Waals surface area contributed by atoms with Crippen molar-refractivity contribution in [2.24, 2.45) is 0 Å². The van der Waals surface area contributed by atoms with Crippen molar-refractivity contribution in [3.8, 4) is 0 Å². The van der Waals surface area contributed by atoms with E-state index < -0.39 is 20.9 Å². The standard InChI is InChI=1S/C4H7FO4S/c1-4(2,3(6)7)10(5,8)9/h1-2H3,(H,6,7). The summed E-state index contributed by atoms with van der Waals surface area (Å²) in [6.45, 7) is 1.56. The first-order valence-corrected chi connectivity index (χ1v) is 3.75. The van der Waals surface area contributed by atoms with Gasteiger partial charge in [-0.05, 0) is 13.8 Å². The molecule has 4 nitrogen and oxygen atoms in total. The van der Waals surface area contributed by atoms with Crippen molar-refractivity contribution in [3.63, 3.8) is 0 Å². The second kappa shape index (κ2) is 2.19. The monoisotopic (exact) mass is 170 g/mol. The molecule has 0 aromatic rings. The zero-order chi connectivity index (χ0) is 8.58. The smallest absolute Gasteiger partial charge is 0.327 e. The van der Waals surface area contributed by atoms with Gasteiger partial charge < -0.3 is 5.11 Å². The molecule has 0 heterocycles. The Morgan fingerprint density at radius 3 is 1.80 bits per heavy atom. The second-order valence-corrected chi connectivity index (χ2v) is 4.15. The maximum Gasteiger partial charge on any atom is 0.327 e. The van der Waals surface area contributed by atoms with Gasteiger partial charge in [-0.2, -0.15) is 8.42 Å². The number of aliphatic carboxylic acids is 1. The summed E-state index contributed by atoms with van der Waals surface area (Å²) >= 11 is 0. The largest absolute Gasteiger partial charge is 0.480 e. The molecular formula is C4H7FO4S. The molecule has 0 atom stereocenters. The minimum atomic E-state index is -5.00. The van der Waals surface area contributed by atoms with Crippen molar-refractivity contribution >= 4 is 16.2 Å². The molecule has 0 aliphatic rings. The van der Waals surface area contributed by atoms with Crippen LogP contribution in [-0.2, 0) is 15.0 Å². The molecule has 0 saturated heterocycles. The fourth-order valence-corrected chi connectivity index (χ4v) is 0.313. The first-order valence-electron chi connectivity index (χ1n) is 2.37. The summed E-state index contributed by atoms with van der Waals surface area (Å²) in [5.41, 5.74) is 0. The van der Waals surface area contributed by atoms with Gasteiger partial charge >= 0.3 is 16.2 Å². The van der Waals surface area contributed by atoms with Crippen LogP contribution >= 0.6 is 0 Å². The average molecular weight is 170 g/mol. The van der Waals surface area contributed by atoms with Crippen LogP contribution in [0, 0.1) is 0 Å². The van der Waals surface area contributed by atoms with Crippen LogP contribution in [0.2, 0.25) is 0 Å². The Balaban J connectivity index is 4.95. The van der Waals surface area contributed by atoms with Crippen molar-refractivity contribution < 1.29 is 22.2 Å². The van der Waals surface area contributed by atoms with E-state index in [0.29, 0.717) is 0 Å². The van der Waals surface area contributed by atoms with E-state index in [1.807, 2.05) is 0 Å². The SMILES string of the molecule is CC(C)(C(=O)O)S(=O)(=O)F. The Labute approximate surface area is 57.9 Å². The first kappa shape index (κ1) is 9.35. The summed E-state index contributed by atoms with van der Waals surface area (Å²) in [5.74, 6) is -1.70. The Hall–Kier alpha value is -0.650. The number of carboxylic acids is 1. The lowest BCUT2D eigenvalue weighted by atomic mass is 10.2. The number of hydrogen-bond donors (Lipinski definition) is 1. The molecule has 0 aliphatic heterocycles. The molecule has 0 aromatic heterocycles. The van der Waals surface area contributed by atoms with Crippen LogP contribution in [0.15, 0.2) is 0 Å². The number of carboxylic acid groups (broad SMARTS) is 1. The number of rotatable bonds is 2. The van der Waals surface area contributed by atoms with Gasteiger partial charge in [-0.1, -0.05) is 0 Å². The van der Waals surface area contributed by atoms with E-state index in [-0.39, 0.29) is 0 Å². The molecule has 10 heavy (non-hydrogen) atoms. The van der Waals surface area contributed by atoms with E-state index in [2.05, 4.69) is 0 Å². The third-order valence-electron chi connectivity index (χ3n) is 1.12. The highest BCUT2D eigenvalue weighted by Crippen LogP contribution is 2.17. The van der Waals surface area contributed by atoms with Gasteiger partial charge in [0.1, 0.15) is 0 Å². The third kappa shape index (κ3) is 1.44. The molecule has 0 rings (SSSR count). The first-order chi connectivity index (χ1) is 4.19. The second-order valence-electron chi connectivity index (χ2n) is 2.25. The maximum atomic E-state index is 12.0. The summed E-state index contributed by atoms with van der Waals surface area (Å²) in [4.78, 5) is 10.0. The lowest BCUT2D eigenvalue weighted by molar-refractivity contribution is -0.139. The lowest BCUT2D eigenvalue weighted by Gasteiger charge is -2.11. The van der Waals surface area contributed by atoms with Crippen LogP contribution in [0.4, 0.5) is 3.89 Å². The zero-order valence-electron chi connectivity index (χ0n) is 5.46. The summed E-state index contributed by atoms with van der Waals surface area (Å²) in [7, 11) is -5.00. The molecule has 0 aromatic carbocycles. The zero-order valence-corrected chi connectivity index (χ0v) is 6.27. The van der Waals surface area contributed by atoms with Crippen LogP contribution in [-0.4, -0.2) is 24.2 Å². The molecular weight excluding hydrogens is 163 g/mol. The summed E-state index contributed by atoms with van der Waals surface area (Å²) in [5, 5.41) is 8.16. The van der Waals surface area contributed by atoms with Gasteiger partial charge in [-0.15, -0.1) is 3.89 Å². The molecule has 0 radical (unpaired) electrons. The normalized spacial score (nSPS) is 13.1. The summed E-state index contributed by atoms with van der Waals surface area (Å²) in [6, 6.07) is 0. The Bertz CT molecular complexity index is 240. The number of hydrogen-bond acceptors (Lipinski definition) is 3. The Morgan fingerprint density at radius 2 is 1.80 bits per heavy atom. The fourth-order valence-electron chi connectivity index (χ4n) is 0.104. The highest BCUT2D eigenvalue weighted by atomic mass is 32.3. The third-order valence-corrected chi connectivity index (χ3v) is 2.52. The van der Waals surface area contributed by atoms with Crippen molar-refractivity contribution in [1.82, 2.24) is 0 Å². The summed E-state index contributed by atoms with van der Waals surface area (Å²) in [6.07, 6.45) is 0. The van der Waals surface area contributed by atoms with Gasteiger partial charge in [0.2, 0.25) is 0 Å². The topological polar surface area (TPSA) is 71.4 Å². The minimum absolute atomic E-state index is 0.782. The Kier molecular flexibility index (Phi) is 2.05. The van der Waals surface area contributed by atoms with Gasteiger partial charge in [0, 0.05) is 0 Å². The van der Waals surface area contributed by atoms with Crippen molar-refractivity contribution in [3.05, 3.63) is 0 Å². The quantitative estimate of drug-likeness (QED) is 0.599. The van der Waals surface area contributed by atoms with E-state index in [1.165, 1.54) is 0 Å². The predicted molar refractivity (Wildman–Crippen MR) is 31.7 cm³/mol. The maximum absolute atomic E-state index is 12.0. The van der Waals surface area contributed by atoms with Gasteiger partial charge in [0.25, 0.3) is 0 Å². The molecule has 0 spiro atoms. The Morgan fingerprint density at radius 1 is 1.50 bits per heavy atom. The number of carbonyl (C=O) groups is 1. The van der Waals surface area contributed by atoms with Gasteiger partial charge in [-0.25, -0.2) is 0 Å². The minimum Gasteiger partial charge on any atom is -0.480 e. The van der Waals surface area contributed by atoms with E-state index in [0.717, 1.165) is 13.8 Å². The van der Waals surface area contributed by atoms with E-state index >= 15 is 0 Å². The summed E-state index contributed by atoms with van der Waals surface area (Å²) < 4.78 is 29.8. The highest BCUT2D eigenvalue weighted by Gasteiger charge is 2.42. The predicted octanol–water partition coefficient (Wildman–Crippen LogP) is 0.149. The van der Waals surface area contributed by atoms with Crippen LogP contribution in [0.25, 0.3) is 0 Å². The molecule has 1 N–H and O–H groups in total. The lowest BCUT2D eigenvalue weighted by Crippen LogP contribution is -2.37. The van der Waals surface area contributed by atoms with Crippen molar-refractivity contribution in [1.29, 1.82) is 0 Å². The van der Waals surface area contributed by atoms with E-state index in [1.54, 1.807) is 0 Å². The van der Waals surface area contributed by atoms with Gasteiger partial charge in [0.15, 0.2) is 4.75 Å². The van der Waals surface area contributed by atoms with Crippen LogP contribution in [0.3, 0.4) is 0 Å². The van der Waals surface area contributed by atoms with Crippen molar-refractivity contribution in [2.45, 2.75) is 18.6 Å². The molecule has 0 bridgehead atoms. The van der Waals surface area contributed by atoms with Gasteiger partial charge in [0.05, 0.1) is 0 Å². The van der Waals surface area contributed by atoms with Crippen molar-refractivity contribution in [2.75, 3.05) is 0 Å². The van der Waals surface area contributed by atoms with Gasteiger partial charge in [-0.3, -0.25) is 4.79 Å². The molecule has 0 aliphatic carbocycles. The number of halogens is 1. The van der Waals surface area contributed by atoms with E-state index in [9.17, 15) is 17.1 Å². The molecule has 60 valence electrons. The highest BCUT2D eigenvalue weighted by molar-refractivity contribution is 7.88. The molecule has 0 saturated carbocycles. The molecule has 6 heteroatoms. The van der Waals surface area contributed by atoms with Crippen LogP contribution < -0.4 is 0 Å². The fraction of sp³-hybridized carbons (Fsp3) is 0.750. The van der Waals surface area contributed by atoms with Crippen LogP contribution in [0.1, 0.15) is 13.8 Å². The molecule has 0 amide bonds. The molecule has 0 fully saturated rings. The molecule has 0 unspecified atom stereocenters. The van der Waals surface area contributed by atoms with Crippen LogP contribution in [0.5, 0.6) is 0 Å². The van der Waals surface area contributed by atoms with E-state index in [4.69, 9.17) is 5.11 Å².